The lowest BCUT2D eigenvalue weighted by atomic mass is 9.86. The van der Waals surface area contributed by atoms with Crippen molar-refractivity contribution in [3.8, 4) is 0 Å². The zero-order chi connectivity index (χ0) is 10.1. The van der Waals surface area contributed by atoms with Gasteiger partial charge in [0.05, 0.1) is 5.41 Å². The number of aryl methyl sites for hydroxylation is 1. The fourth-order valence-electron chi connectivity index (χ4n) is 1.16. The molecule has 1 heterocycles. The highest BCUT2D eigenvalue weighted by Crippen LogP contribution is 2.33. The molecule has 0 bridgehead atoms. The minimum atomic E-state index is -0.739. The number of rotatable bonds is 3. The molecule has 0 aliphatic heterocycles. The van der Waals surface area contributed by atoms with Crippen LogP contribution in [0.15, 0.2) is 12.1 Å². The van der Waals surface area contributed by atoms with Crippen molar-refractivity contribution in [2.24, 2.45) is 0 Å². The number of hydrogen-bond donors (Lipinski definition) is 1. The summed E-state index contributed by atoms with van der Waals surface area (Å²) in [5.74, 6) is -0.739. The molecule has 2 nitrogen and oxygen atoms in total. The van der Waals surface area contributed by atoms with E-state index in [9.17, 15) is 4.79 Å². The van der Waals surface area contributed by atoms with Gasteiger partial charge in [-0.1, -0.05) is 6.92 Å². The van der Waals surface area contributed by atoms with Gasteiger partial charge < -0.3 is 5.11 Å². The van der Waals surface area contributed by atoms with Crippen LogP contribution in [0.1, 0.15) is 30.0 Å². The molecule has 0 saturated carbocycles. The van der Waals surface area contributed by atoms with E-state index < -0.39 is 11.4 Å². The number of thiophene rings is 1. The molecule has 0 amide bonds. The number of carboxylic acids is 1. The molecule has 3 heteroatoms. The van der Waals surface area contributed by atoms with Crippen molar-refractivity contribution in [3.63, 3.8) is 0 Å². The second kappa shape index (κ2) is 3.50. The van der Waals surface area contributed by atoms with E-state index in [1.807, 2.05) is 26.0 Å². The van der Waals surface area contributed by atoms with Crippen LogP contribution >= 0.6 is 11.3 Å². The van der Waals surface area contributed by atoms with Crippen molar-refractivity contribution < 1.29 is 9.90 Å². The standard InChI is InChI=1S/C10H14O2S/c1-4-10(3,9(11)12)8-6-5-7(2)13-8/h5-6H,4H2,1-3H3,(H,11,12). The minimum Gasteiger partial charge on any atom is -0.481 e. The Kier molecular flexibility index (Phi) is 2.76. The summed E-state index contributed by atoms with van der Waals surface area (Å²) in [6, 6.07) is 3.88. The van der Waals surface area contributed by atoms with E-state index in [0.29, 0.717) is 6.42 Å². The molecule has 1 aromatic rings. The van der Waals surface area contributed by atoms with Gasteiger partial charge in [0.2, 0.25) is 0 Å². The van der Waals surface area contributed by atoms with Crippen LogP contribution in [0.4, 0.5) is 0 Å². The molecule has 1 rings (SSSR count). The van der Waals surface area contributed by atoms with Gasteiger partial charge >= 0.3 is 5.97 Å². The third-order valence-corrected chi connectivity index (χ3v) is 3.73. The summed E-state index contributed by atoms with van der Waals surface area (Å²) in [5, 5.41) is 9.10. The third kappa shape index (κ3) is 1.75. The highest BCUT2D eigenvalue weighted by atomic mass is 32.1. The largest absolute Gasteiger partial charge is 0.481 e. The summed E-state index contributed by atoms with van der Waals surface area (Å²) in [4.78, 5) is 13.2. The predicted octanol–water partition coefficient (Wildman–Crippen LogP) is 2.81. The van der Waals surface area contributed by atoms with Crippen molar-refractivity contribution in [1.29, 1.82) is 0 Å². The van der Waals surface area contributed by atoms with Crippen LogP contribution in [0.2, 0.25) is 0 Å². The summed E-state index contributed by atoms with van der Waals surface area (Å²) < 4.78 is 0. The van der Waals surface area contributed by atoms with Crippen molar-refractivity contribution >= 4 is 17.3 Å². The first-order chi connectivity index (χ1) is 6.00. The average molecular weight is 198 g/mol. The van der Waals surface area contributed by atoms with Crippen molar-refractivity contribution in [1.82, 2.24) is 0 Å². The Balaban J connectivity index is 3.09. The summed E-state index contributed by atoms with van der Waals surface area (Å²) >= 11 is 1.57. The Bertz CT molecular complexity index is 316. The van der Waals surface area contributed by atoms with Crippen molar-refractivity contribution in [3.05, 3.63) is 21.9 Å². The second-order valence-corrected chi connectivity index (χ2v) is 4.69. The summed E-state index contributed by atoms with van der Waals surface area (Å²) in [5.41, 5.74) is -0.709. The molecule has 0 aliphatic rings. The highest BCUT2D eigenvalue weighted by molar-refractivity contribution is 7.12. The molecular formula is C10H14O2S. The van der Waals surface area contributed by atoms with Gasteiger partial charge in [0.15, 0.2) is 0 Å². The Morgan fingerprint density at radius 3 is 2.54 bits per heavy atom. The molecule has 0 spiro atoms. The van der Waals surface area contributed by atoms with Crippen LogP contribution in [-0.2, 0) is 10.2 Å². The summed E-state index contributed by atoms with van der Waals surface area (Å²) in [6.45, 7) is 5.68. The normalized spacial score (nSPS) is 15.3. The van der Waals surface area contributed by atoms with Gasteiger partial charge in [0.1, 0.15) is 0 Å². The molecule has 1 unspecified atom stereocenters. The minimum absolute atomic E-state index is 0.627. The van der Waals surface area contributed by atoms with Crippen LogP contribution in [0.25, 0.3) is 0 Å². The highest BCUT2D eigenvalue weighted by Gasteiger charge is 2.34. The third-order valence-electron chi connectivity index (χ3n) is 2.46. The molecule has 0 radical (unpaired) electrons. The summed E-state index contributed by atoms with van der Waals surface area (Å²) in [7, 11) is 0. The number of carboxylic acid groups (broad SMARTS) is 1. The van der Waals surface area contributed by atoms with E-state index in [4.69, 9.17) is 5.11 Å². The van der Waals surface area contributed by atoms with E-state index in [0.717, 1.165) is 9.75 Å². The van der Waals surface area contributed by atoms with Gasteiger partial charge in [-0.25, -0.2) is 0 Å². The maximum Gasteiger partial charge on any atom is 0.314 e. The summed E-state index contributed by atoms with van der Waals surface area (Å²) in [6.07, 6.45) is 0.627. The van der Waals surface area contributed by atoms with E-state index >= 15 is 0 Å². The fourth-order valence-corrected chi connectivity index (χ4v) is 2.24. The average Bonchev–Trinajstić information content (AvgIpc) is 2.50. The number of aliphatic carboxylic acids is 1. The Hall–Kier alpha value is -0.830. The number of hydrogen-bond acceptors (Lipinski definition) is 2. The van der Waals surface area contributed by atoms with Crippen molar-refractivity contribution in [2.45, 2.75) is 32.6 Å². The molecular weight excluding hydrogens is 184 g/mol. The maximum absolute atomic E-state index is 11.1. The van der Waals surface area contributed by atoms with E-state index in [2.05, 4.69) is 0 Å². The molecule has 0 fully saturated rings. The lowest BCUT2D eigenvalue weighted by molar-refractivity contribution is -0.143. The van der Waals surface area contributed by atoms with Crippen molar-refractivity contribution in [2.75, 3.05) is 0 Å². The molecule has 1 aromatic heterocycles. The first-order valence-electron chi connectivity index (χ1n) is 4.31. The lowest BCUT2D eigenvalue weighted by Gasteiger charge is -2.20. The van der Waals surface area contributed by atoms with Gasteiger partial charge in [-0.15, -0.1) is 11.3 Å². The first kappa shape index (κ1) is 10.3. The Morgan fingerprint density at radius 1 is 1.62 bits per heavy atom. The molecule has 1 atom stereocenters. The van der Waals surface area contributed by atoms with Crippen LogP contribution in [0.5, 0.6) is 0 Å². The lowest BCUT2D eigenvalue weighted by Crippen LogP contribution is -2.30. The van der Waals surface area contributed by atoms with Crippen LogP contribution in [0, 0.1) is 6.92 Å². The van der Waals surface area contributed by atoms with Gasteiger partial charge in [-0.3, -0.25) is 4.79 Å². The van der Waals surface area contributed by atoms with E-state index in [1.54, 1.807) is 18.3 Å². The first-order valence-corrected chi connectivity index (χ1v) is 5.12. The van der Waals surface area contributed by atoms with Crippen LogP contribution in [0.3, 0.4) is 0 Å². The molecule has 0 saturated heterocycles. The smallest absolute Gasteiger partial charge is 0.314 e. The zero-order valence-electron chi connectivity index (χ0n) is 8.13. The van der Waals surface area contributed by atoms with E-state index in [-0.39, 0.29) is 0 Å². The Labute approximate surface area is 82.2 Å². The molecule has 72 valence electrons. The van der Waals surface area contributed by atoms with Gasteiger partial charge in [0, 0.05) is 9.75 Å². The predicted molar refractivity (Wildman–Crippen MR) is 54.3 cm³/mol. The maximum atomic E-state index is 11.1. The topological polar surface area (TPSA) is 37.3 Å². The molecule has 1 N–H and O–H groups in total. The quantitative estimate of drug-likeness (QED) is 0.810. The van der Waals surface area contributed by atoms with E-state index in [1.165, 1.54) is 0 Å². The monoisotopic (exact) mass is 198 g/mol. The van der Waals surface area contributed by atoms with Crippen LogP contribution < -0.4 is 0 Å². The second-order valence-electron chi connectivity index (χ2n) is 3.40. The molecule has 13 heavy (non-hydrogen) atoms. The molecule has 0 aromatic carbocycles. The molecule has 0 aliphatic carbocycles. The van der Waals surface area contributed by atoms with Gasteiger partial charge in [-0.2, -0.15) is 0 Å². The SMILES string of the molecule is CCC(C)(C(=O)O)c1ccc(C)s1. The van der Waals surface area contributed by atoms with Gasteiger partial charge in [-0.05, 0) is 32.4 Å². The van der Waals surface area contributed by atoms with Gasteiger partial charge in [0.25, 0.3) is 0 Å². The zero-order valence-corrected chi connectivity index (χ0v) is 8.94. The number of carbonyl (C=O) groups is 1. The van der Waals surface area contributed by atoms with Crippen LogP contribution in [-0.4, -0.2) is 11.1 Å². The fraction of sp³-hybridized carbons (Fsp3) is 0.500. The Morgan fingerprint density at radius 2 is 2.23 bits per heavy atom.